The van der Waals surface area contributed by atoms with E-state index in [0.29, 0.717) is 25.0 Å². The summed E-state index contributed by atoms with van der Waals surface area (Å²) < 4.78 is 5.12. The fourth-order valence-electron chi connectivity index (χ4n) is 2.70. The summed E-state index contributed by atoms with van der Waals surface area (Å²) in [5.74, 6) is -0.615. The Labute approximate surface area is 129 Å². The standard InChI is InChI=1S/C18H17NO3/c20-16(15-9-5-2-6-10-15)19-18(11-12-22-17(18)21)13-14-7-3-1-4-8-14/h1-10H,11-13H2,(H,19,20)/t18-/m0/s1. The van der Waals surface area contributed by atoms with Crippen molar-refractivity contribution in [2.24, 2.45) is 0 Å². The Hall–Kier alpha value is -2.62. The molecule has 1 heterocycles. The van der Waals surface area contributed by atoms with Gasteiger partial charge in [-0.25, -0.2) is 4.79 Å². The molecule has 0 unspecified atom stereocenters. The van der Waals surface area contributed by atoms with Gasteiger partial charge in [0.15, 0.2) is 0 Å². The van der Waals surface area contributed by atoms with Crippen LogP contribution >= 0.6 is 0 Å². The van der Waals surface area contributed by atoms with Gasteiger partial charge >= 0.3 is 5.97 Å². The molecule has 0 spiro atoms. The zero-order chi connectivity index (χ0) is 15.4. The highest BCUT2D eigenvalue weighted by Crippen LogP contribution is 2.25. The SMILES string of the molecule is O=C(N[C@]1(Cc2ccccc2)CCOC1=O)c1ccccc1. The first kappa shape index (κ1) is 14.3. The molecule has 2 aromatic carbocycles. The van der Waals surface area contributed by atoms with Crippen LogP contribution in [0.15, 0.2) is 60.7 Å². The maximum Gasteiger partial charge on any atom is 0.332 e. The molecule has 4 heteroatoms. The highest BCUT2D eigenvalue weighted by molar-refractivity contribution is 5.98. The van der Waals surface area contributed by atoms with Gasteiger partial charge in [0.1, 0.15) is 5.54 Å². The van der Waals surface area contributed by atoms with Crippen LogP contribution in [0.3, 0.4) is 0 Å². The number of hydrogen-bond acceptors (Lipinski definition) is 3. The van der Waals surface area contributed by atoms with Crippen molar-refractivity contribution in [3.05, 3.63) is 71.8 Å². The first-order chi connectivity index (χ1) is 10.7. The van der Waals surface area contributed by atoms with Crippen LogP contribution < -0.4 is 5.32 Å². The molecule has 1 amide bonds. The summed E-state index contributed by atoms with van der Waals surface area (Å²) in [5, 5.41) is 2.89. The second kappa shape index (κ2) is 6.02. The molecule has 0 bridgehead atoms. The van der Waals surface area contributed by atoms with Crippen molar-refractivity contribution in [2.45, 2.75) is 18.4 Å². The third-order valence-corrected chi connectivity index (χ3v) is 3.89. The maximum absolute atomic E-state index is 12.4. The lowest BCUT2D eigenvalue weighted by molar-refractivity contribution is -0.143. The summed E-state index contributed by atoms with van der Waals surface area (Å²) in [6, 6.07) is 18.6. The molecule has 2 aromatic rings. The van der Waals surface area contributed by atoms with E-state index in [4.69, 9.17) is 4.74 Å². The van der Waals surface area contributed by atoms with E-state index in [0.717, 1.165) is 5.56 Å². The molecule has 1 N–H and O–H groups in total. The third kappa shape index (κ3) is 2.86. The molecule has 0 aliphatic carbocycles. The zero-order valence-electron chi connectivity index (χ0n) is 12.1. The summed E-state index contributed by atoms with van der Waals surface area (Å²) >= 11 is 0. The Kier molecular flexibility index (Phi) is 3.92. The van der Waals surface area contributed by atoms with Gasteiger partial charge in [-0.2, -0.15) is 0 Å². The predicted molar refractivity (Wildman–Crippen MR) is 82.4 cm³/mol. The Morgan fingerprint density at radius 1 is 1.05 bits per heavy atom. The van der Waals surface area contributed by atoms with E-state index in [9.17, 15) is 9.59 Å². The number of rotatable bonds is 4. The maximum atomic E-state index is 12.4. The lowest BCUT2D eigenvalue weighted by atomic mass is 9.89. The van der Waals surface area contributed by atoms with Gasteiger partial charge in [0.05, 0.1) is 6.61 Å². The van der Waals surface area contributed by atoms with Crippen LogP contribution in [0.4, 0.5) is 0 Å². The van der Waals surface area contributed by atoms with E-state index in [-0.39, 0.29) is 11.9 Å². The number of esters is 1. The second-order valence-electron chi connectivity index (χ2n) is 5.45. The van der Waals surface area contributed by atoms with Gasteiger partial charge in [-0.05, 0) is 17.7 Å². The van der Waals surface area contributed by atoms with Gasteiger partial charge < -0.3 is 10.1 Å². The molecule has 1 aliphatic heterocycles. The number of hydrogen-bond donors (Lipinski definition) is 1. The van der Waals surface area contributed by atoms with E-state index >= 15 is 0 Å². The summed E-state index contributed by atoms with van der Waals surface area (Å²) in [7, 11) is 0. The predicted octanol–water partition coefficient (Wildman–Crippen LogP) is 2.34. The molecule has 1 saturated heterocycles. The summed E-state index contributed by atoms with van der Waals surface area (Å²) in [4.78, 5) is 24.7. The number of ether oxygens (including phenoxy) is 1. The molecule has 22 heavy (non-hydrogen) atoms. The average molecular weight is 295 g/mol. The Morgan fingerprint density at radius 3 is 2.27 bits per heavy atom. The van der Waals surface area contributed by atoms with E-state index in [2.05, 4.69) is 5.32 Å². The minimum Gasteiger partial charge on any atom is -0.464 e. The minimum absolute atomic E-state index is 0.254. The highest BCUT2D eigenvalue weighted by atomic mass is 16.5. The lowest BCUT2D eigenvalue weighted by Crippen LogP contribution is -2.53. The van der Waals surface area contributed by atoms with Crippen molar-refractivity contribution in [3.8, 4) is 0 Å². The molecular formula is C18H17NO3. The molecule has 4 nitrogen and oxygen atoms in total. The van der Waals surface area contributed by atoms with E-state index < -0.39 is 5.54 Å². The van der Waals surface area contributed by atoms with Crippen molar-refractivity contribution < 1.29 is 14.3 Å². The molecule has 0 radical (unpaired) electrons. The number of cyclic esters (lactones) is 1. The van der Waals surface area contributed by atoms with Crippen LogP contribution in [0, 0.1) is 0 Å². The van der Waals surface area contributed by atoms with Crippen LogP contribution in [0.1, 0.15) is 22.3 Å². The average Bonchev–Trinajstić information content (AvgIpc) is 2.89. The number of nitrogens with one attached hydrogen (secondary N) is 1. The van der Waals surface area contributed by atoms with Crippen LogP contribution in [0.5, 0.6) is 0 Å². The Morgan fingerprint density at radius 2 is 1.68 bits per heavy atom. The van der Waals surface area contributed by atoms with Crippen LogP contribution in [-0.2, 0) is 16.0 Å². The monoisotopic (exact) mass is 295 g/mol. The zero-order valence-corrected chi connectivity index (χ0v) is 12.1. The molecule has 1 aliphatic rings. The van der Waals surface area contributed by atoms with Gasteiger partial charge in [0.25, 0.3) is 5.91 Å². The largest absolute Gasteiger partial charge is 0.464 e. The van der Waals surface area contributed by atoms with E-state index in [1.807, 2.05) is 36.4 Å². The second-order valence-corrected chi connectivity index (χ2v) is 5.45. The van der Waals surface area contributed by atoms with Crippen molar-refractivity contribution in [2.75, 3.05) is 6.61 Å². The van der Waals surface area contributed by atoms with Gasteiger partial charge in [-0.3, -0.25) is 4.79 Å². The fraction of sp³-hybridized carbons (Fsp3) is 0.222. The Bertz CT molecular complexity index is 669. The van der Waals surface area contributed by atoms with Crippen molar-refractivity contribution in [1.82, 2.24) is 5.32 Å². The Balaban J connectivity index is 1.84. The summed E-state index contributed by atoms with van der Waals surface area (Å²) in [5.41, 5.74) is 0.554. The molecule has 112 valence electrons. The summed E-state index contributed by atoms with van der Waals surface area (Å²) in [6.07, 6.45) is 0.921. The number of carbonyl (C=O) groups excluding carboxylic acids is 2. The van der Waals surface area contributed by atoms with E-state index in [1.54, 1.807) is 24.3 Å². The molecule has 0 saturated carbocycles. The van der Waals surface area contributed by atoms with Crippen molar-refractivity contribution in [1.29, 1.82) is 0 Å². The first-order valence-electron chi connectivity index (χ1n) is 7.28. The molecule has 3 rings (SSSR count). The van der Waals surface area contributed by atoms with E-state index in [1.165, 1.54) is 0 Å². The van der Waals surface area contributed by atoms with Gasteiger partial charge in [-0.15, -0.1) is 0 Å². The van der Waals surface area contributed by atoms with Crippen LogP contribution in [0.2, 0.25) is 0 Å². The number of carbonyl (C=O) groups is 2. The molecule has 1 fully saturated rings. The smallest absolute Gasteiger partial charge is 0.332 e. The highest BCUT2D eigenvalue weighted by Gasteiger charge is 2.45. The van der Waals surface area contributed by atoms with Gasteiger partial charge in [0, 0.05) is 18.4 Å². The third-order valence-electron chi connectivity index (χ3n) is 3.89. The number of amides is 1. The quantitative estimate of drug-likeness (QED) is 0.881. The minimum atomic E-state index is -0.978. The normalized spacial score (nSPS) is 20.5. The fourth-order valence-corrected chi connectivity index (χ4v) is 2.70. The van der Waals surface area contributed by atoms with Crippen molar-refractivity contribution in [3.63, 3.8) is 0 Å². The number of benzene rings is 2. The lowest BCUT2D eigenvalue weighted by Gasteiger charge is -2.26. The van der Waals surface area contributed by atoms with Crippen LogP contribution in [-0.4, -0.2) is 24.0 Å². The van der Waals surface area contributed by atoms with Gasteiger partial charge in [0.2, 0.25) is 0 Å². The van der Waals surface area contributed by atoms with Crippen LogP contribution in [0.25, 0.3) is 0 Å². The summed E-state index contributed by atoms with van der Waals surface area (Å²) in [6.45, 7) is 0.334. The van der Waals surface area contributed by atoms with Crippen molar-refractivity contribution >= 4 is 11.9 Å². The molecule has 1 atom stereocenters. The molecule has 0 aromatic heterocycles. The molecular weight excluding hydrogens is 278 g/mol. The van der Waals surface area contributed by atoms with Gasteiger partial charge in [-0.1, -0.05) is 48.5 Å². The first-order valence-corrected chi connectivity index (χ1v) is 7.28. The topological polar surface area (TPSA) is 55.4 Å².